The molecule has 6 heteroatoms. The summed E-state index contributed by atoms with van der Waals surface area (Å²) in [5.74, 6) is 0.779. The van der Waals surface area contributed by atoms with E-state index in [1.807, 2.05) is 22.9 Å². The van der Waals surface area contributed by atoms with Gasteiger partial charge in [-0.2, -0.15) is 0 Å². The number of hydrogen-bond acceptors (Lipinski definition) is 5. The molecule has 0 spiro atoms. The van der Waals surface area contributed by atoms with Gasteiger partial charge in [-0.15, -0.1) is 5.10 Å². The van der Waals surface area contributed by atoms with Gasteiger partial charge < -0.3 is 14.6 Å². The first-order chi connectivity index (χ1) is 9.78. The molecule has 3 rings (SSSR count). The second kappa shape index (κ2) is 5.68. The fraction of sp³-hybridized carbons (Fsp3) is 0.500. The van der Waals surface area contributed by atoms with Crippen LogP contribution in [0.4, 0.5) is 0 Å². The second-order valence-corrected chi connectivity index (χ2v) is 4.88. The van der Waals surface area contributed by atoms with Gasteiger partial charge >= 0.3 is 0 Å². The lowest BCUT2D eigenvalue weighted by Crippen LogP contribution is -2.38. The molecule has 0 unspecified atom stereocenters. The van der Waals surface area contributed by atoms with E-state index in [1.165, 1.54) is 0 Å². The molecule has 0 aliphatic carbocycles. The number of benzene rings is 1. The van der Waals surface area contributed by atoms with Gasteiger partial charge in [0.05, 0.1) is 37.8 Å². The van der Waals surface area contributed by atoms with Crippen molar-refractivity contribution < 1.29 is 14.6 Å². The molecule has 6 nitrogen and oxygen atoms in total. The first kappa shape index (κ1) is 13.2. The Morgan fingerprint density at radius 1 is 1.30 bits per heavy atom. The quantitative estimate of drug-likeness (QED) is 0.906. The Morgan fingerprint density at radius 2 is 2.10 bits per heavy atom. The highest BCUT2D eigenvalue weighted by atomic mass is 16.5. The maximum Gasteiger partial charge on any atom is 0.238 e. The highest BCUT2D eigenvalue weighted by Gasteiger charge is 2.13. The van der Waals surface area contributed by atoms with Crippen molar-refractivity contribution in [2.24, 2.45) is 0 Å². The third-order valence-corrected chi connectivity index (χ3v) is 3.67. The standard InChI is InChI=1S/C14H19N3O3/c1-19-11-2-3-13-12(10-11)14(18)15-17(13)5-4-16-6-8-20-9-7-16/h2-3,10H,4-9H2,1H3,(H,15,18). The van der Waals surface area contributed by atoms with Crippen LogP contribution in [0, 0.1) is 0 Å². The number of hydrogen-bond donors (Lipinski definition) is 1. The zero-order valence-electron chi connectivity index (χ0n) is 11.6. The molecule has 108 valence electrons. The van der Waals surface area contributed by atoms with E-state index < -0.39 is 0 Å². The van der Waals surface area contributed by atoms with E-state index in [0.29, 0.717) is 0 Å². The van der Waals surface area contributed by atoms with E-state index in [4.69, 9.17) is 9.47 Å². The molecule has 0 saturated carbocycles. The minimum Gasteiger partial charge on any atom is -0.497 e. The fourth-order valence-corrected chi connectivity index (χ4v) is 2.50. The largest absolute Gasteiger partial charge is 0.497 e. The number of aromatic nitrogens is 2. The summed E-state index contributed by atoms with van der Waals surface area (Å²) < 4.78 is 12.4. The molecule has 0 atom stereocenters. The van der Waals surface area contributed by atoms with Gasteiger partial charge in [-0.05, 0) is 18.2 Å². The Bertz CT molecular complexity index is 591. The SMILES string of the molecule is COc1ccc2c(c1)c(O)nn2CCN1CCOCC1. The van der Waals surface area contributed by atoms with Crippen LogP contribution in [0.15, 0.2) is 18.2 Å². The third-order valence-electron chi connectivity index (χ3n) is 3.67. The number of nitrogens with zero attached hydrogens (tertiary/aromatic N) is 3. The van der Waals surface area contributed by atoms with Gasteiger partial charge in [0, 0.05) is 19.6 Å². The van der Waals surface area contributed by atoms with Crippen molar-refractivity contribution in [1.82, 2.24) is 14.7 Å². The molecule has 20 heavy (non-hydrogen) atoms. The molecule has 1 fully saturated rings. The van der Waals surface area contributed by atoms with Crippen molar-refractivity contribution in [3.05, 3.63) is 18.2 Å². The van der Waals surface area contributed by atoms with Crippen molar-refractivity contribution in [3.8, 4) is 11.6 Å². The Labute approximate surface area is 117 Å². The topological polar surface area (TPSA) is 59.8 Å². The number of fused-ring (bicyclic) bond motifs is 1. The highest BCUT2D eigenvalue weighted by molar-refractivity contribution is 5.85. The summed E-state index contributed by atoms with van der Waals surface area (Å²) in [5.41, 5.74) is 0.927. The maximum absolute atomic E-state index is 9.93. The maximum atomic E-state index is 9.93. The van der Waals surface area contributed by atoms with Crippen LogP contribution in [0.2, 0.25) is 0 Å². The number of methoxy groups -OCH3 is 1. The molecule has 2 heterocycles. The monoisotopic (exact) mass is 277 g/mol. The molecule has 1 aliphatic rings. The fourth-order valence-electron chi connectivity index (χ4n) is 2.50. The lowest BCUT2D eigenvalue weighted by Gasteiger charge is -2.26. The minimum atomic E-state index is 0.0564. The van der Waals surface area contributed by atoms with Gasteiger partial charge in [0.25, 0.3) is 0 Å². The number of ether oxygens (including phenoxy) is 2. The summed E-state index contributed by atoms with van der Waals surface area (Å²) in [6.07, 6.45) is 0. The summed E-state index contributed by atoms with van der Waals surface area (Å²) in [6.45, 7) is 5.16. The van der Waals surface area contributed by atoms with E-state index in [9.17, 15) is 5.11 Å². The second-order valence-electron chi connectivity index (χ2n) is 4.88. The van der Waals surface area contributed by atoms with Crippen LogP contribution in [0.25, 0.3) is 10.9 Å². The third kappa shape index (κ3) is 2.57. The zero-order chi connectivity index (χ0) is 13.9. The van der Waals surface area contributed by atoms with Gasteiger partial charge in [-0.25, -0.2) is 0 Å². The lowest BCUT2D eigenvalue weighted by atomic mass is 10.2. The summed E-state index contributed by atoms with van der Waals surface area (Å²) in [6, 6.07) is 5.62. The molecule has 1 aromatic heterocycles. The van der Waals surface area contributed by atoms with Crippen molar-refractivity contribution >= 4 is 10.9 Å². The van der Waals surface area contributed by atoms with Crippen molar-refractivity contribution in [2.75, 3.05) is 40.0 Å². The van der Waals surface area contributed by atoms with E-state index >= 15 is 0 Å². The van der Waals surface area contributed by atoms with Gasteiger partial charge in [0.2, 0.25) is 5.88 Å². The average Bonchev–Trinajstić information content (AvgIpc) is 2.82. The summed E-state index contributed by atoms with van der Waals surface area (Å²) in [7, 11) is 1.61. The summed E-state index contributed by atoms with van der Waals surface area (Å²) in [4.78, 5) is 2.34. The molecular weight excluding hydrogens is 258 g/mol. The first-order valence-electron chi connectivity index (χ1n) is 6.81. The predicted octanol–water partition coefficient (Wildman–Crippen LogP) is 1.08. The Balaban J connectivity index is 1.77. The van der Waals surface area contributed by atoms with E-state index in [1.54, 1.807) is 7.11 Å². The number of aromatic hydroxyl groups is 1. The average molecular weight is 277 g/mol. The molecule has 1 N–H and O–H groups in total. The van der Waals surface area contributed by atoms with Crippen molar-refractivity contribution in [2.45, 2.75) is 6.54 Å². The van der Waals surface area contributed by atoms with Crippen LogP contribution in [0.1, 0.15) is 0 Å². The van der Waals surface area contributed by atoms with Gasteiger partial charge in [-0.3, -0.25) is 9.58 Å². The van der Waals surface area contributed by atoms with Crippen LogP contribution < -0.4 is 4.74 Å². The van der Waals surface area contributed by atoms with Gasteiger partial charge in [0.15, 0.2) is 0 Å². The van der Waals surface area contributed by atoms with Crippen molar-refractivity contribution in [1.29, 1.82) is 0 Å². The Hall–Kier alpha value is -1.79. The molecular formula is C14H19N3O3. The van der Waals surface area contributed by atoms with Crippen LogP contribution in [-0.2, 0) is 11.3 Å². The predicted molar refractivity (Wildman–Crippen MR) is 75.2 cm³/mol. The van der Waals surface area contributed by atoms with E-state index in [2.05, 4.69) is 10.00 Å². The molecule has 1 aliphatic heterocycles. The number of morpholine rings is 1. The smallest absolute Gasteiger partial charge is 0.238 e. The zero-order valence-corrected chi connectivity index (χ0v) is 11.6. The van der Waals surface area contributed by atoms with E-state index in [-0.39, 0.29) is 5.88 Å². The Kier molecular flexibility index (Phi) is 3.75. The molecule has 0 amide bonds. The van der Waals surface area contributed by atoms with E-state index in [0.717, 1.165) is 56.0 Å². The molecule has 0 bridgehead atoms. The lowest BCUT2D eigenvalue weighted by molar-refractivity contribution is 0.0361. The van der Waals surface area contributed by atoms with Crippen LogP contribution in [0.3, 0.4) is 0 Å². The summed E-state index contributed by atoms with van der Waals surface area (Å²) in [5, 5.41) is 14.9. The highest BCUT2D eigenvalue weighted by Crippen LogP contribution is 2.27. The normalized spacial score (nSPS) is 16.6. The van der Waals surface area contributed by atoms with Gasteiger partial charge in [-0.1, -0.05) is 0 Å². The van der Waals surface area contributed by atoms with Crippen LogP contribution in [-0.4, -0.2) is 59.7 Å². The summed E-state index contributed by atoms with van der Waals surface area (Å²) >= 11 is 0. The van der Waals surface area contributed by atoms with Gasteiger partial charge in [0.1, 0.15) is 5.75 Å². The molecule has 0 radical (unpaired) electrons. The van der Waals surface area contributed by atoms with Crippen molar-refractivity contribution in [3.63, 3.8) is 0 Å². The minimum absolute atomic E-state index is 0.0564. The molecule has 1 aromatic carbocycles. The molecule has 2 aromatic rings. The van der Waals surface area contributed by atoms with Crippen LogP contribution >= 0.6 is 0 Å². The molecule has 1 saturated heterocycles. The van der Waals surface area contributed by atoms with Crippen LogP contribution in [0.5, 0.6) is 11.6 Å². The first-order valence-corrected chi connectivity index (χ1v) is 6.81. The number of rotatable bonds is 4. The Morgan fingerprint density at radius 3 is 2.85 bits per heavy atom.